The van der Waals surface area contributed by atoms with Crippen LogP contribution in [0.25, 0.3) is 0 Å². The van der Waals surface area contributed by atoms with Gasteiger partial charge in [-0.05, 0) is 61.0 Å². The summed E-state index contributed by atoms with van der Waals surface area (Å²) in [5.41, 5.74) is 5.18. The lowest BCUT2D eigenvalue weighted by Crippen LogP contribution is -2.25. The predicted molar refractivity (Wildman–Crippen MR) is 120 cm³/mol. The molecule has 0 radical (unpaired) electrons. The fraction of sp³-hybridized carbons (Fsp3) is 0.0870. The number of nitro groups is 1. The van der Waals surface area contributed by atoms with Gasteiger partial charge in [0, 0.05) is 17.8 Å². The molecule has 0 saturated heterocycles. The van der Waals surface area contributed by atoms with Gasteiger partial charge >= 0.3 is 5.97 Å². The lowest BCUT2D eigenvalue weighted by molar-refractivity contribution is -0.384. The van der Waals surface area contributed by atoms with Crippen LogP contribution in [0.15, 0.2) is 77.9 Å². The van der Waals surface area contributed by atoms with Crippen molar-refractivity contribution in [1.82, 2.24) is 5.43 Å². The van der Waals surface area contributed by atoms with Crippen LogP contribution in [0, 0.1) is 17.0 Å². The number of carbonyl (C=O) groups is 2. The molecule has 0 fully saturated rings. The van der Waals surface area contributed by atoms with E-state index in [1.165, 1.54) is 30.5 Å². The summed E-state index contributed by atoms with van der Waals surface area (Å²) >= 11 is 0. The van der Waals surface area contributed by atoms with Crippen molar-refractivity contribution in [2.24, 2.45) is 5.10 Å². The summed E-state index contributed by atoms with van der Waals surface area (Å²) in [5, 5.41) is 17.6. The number of ether oxygens (including phenoxy) is 1. The maximum absolute atomic E-state index is 12.1. The van der Waals surface area contributed by atoms with Gasteiger partial charge in [0.2, 0.25) is 0 Å². The first-order valence-electron chi connectivity index (χ1n) is 9.60. The number of hydrogen-bond donors (Lipinski definition) is 2. The molecule has 9 nitrogen and oxygen atoms in total. The predicted octanol–water partition coefficient (Wildman–Crippen LogP) is 3.68. The number of aryl methyl sites for hydroxylation is 1. The van der Waals surface area contributed by atoms with Crippen LogP contribution in [0.3, 0.4) is 0 Å². The van der Waals surface area contributed by atoms with Crippen molar-refractivity contribution in [2.75, 3.05) is 11.9 Å². The molecule has 0 bridgehead atoms. The summed E-state index contributed by atoms with van der Waals surface area (Å²) < 4.78 is 5.25. The maximum Gasteiger partial charge on any atom is 0.343 e. The molecule has 0 aliphatic rings. The van der Waals surface area contributed by atoms with Crippen LogP contribution in [0.5, 0.6) is 5.75 Å². The molecule has 0 unspecified atom stereocenters. The normalized spacial score (nSPS) is 10.5. The molecular weight excluding hydrogens is 412 g/mol. The smallest absolute Gasteiger partial charge is 0.343 e. The number of nitro benzene ring substituents is 1. The Morgan fingerprint density at radius 3 is 2.28 bits per heavy atom. The second-order valence-electron chi connectivity index (χ2n) is 6.78. The number of benzene rings is 3. The standard InChI is InChI=1S/C23H20N4O5/c1-16-2-8-19(9-3-16)24-15-22(28)26-25-14-17-4-12-21(13-5-17)32-23(29)18-6-10-20(11-7-18)27(30)31/h2-14,24H,15H2,1H3,(H,26,28)/b25-14-. The number of amides is 1. The fourth-order valence-corrected chi connectivity index (χ4v) is 2.58. The third kappa shape index (κ3) is 6.49. The van der Waals surface area contributed by atoms with Gasteiger partial charge in [0.05, 0.1) is 23.2 Å². The molecule has 0 aliphatic carbocycles. The number of nitrogens with zero attached hydrogens (tertiary/aromatic N) is 2. The number of non-ortho nitro benzene ring substituents is 1. The number of carbonyl (C=O) groups excluding carboxylic acids is 2. The Bertz CT molecular complexity index is 1120. The Morgan fingerprint density at radius 1 is 1.00 bits per heavy atom. The number of rotatable bonds is 8. The van der Waals surface area contributed by atoms with E-state index in [1.54, 1.807) is 24.3 Å². The monoisotopic (exact) mass is 432 g/mol. The Hall–Kier alpha value is -4.53. The van der Waals surface area contributed by atoms with E-state index in [-0.39, 0.29) is 23.7 Å². The van der Waals surface area contributed by atoms with E-state index in [1.807, 2.05) is 31.2 Å². The molecule has 0 spiro atoms. The third-order valence-electron chi connectivity index (χ3n) is 4.31. The van der Waals surface area contributed by atoms with E-state index in [0.29, 0.717) is 11.3 Å². The van der Waals surface area contributed by atoms with Gasteiger partial charge in [0.15, 0.2) is 0 Å². The van der Waals surface area contributed by atoms with Crippen molar-refractivity contribution in [3.05, 3.63) is 99.6 Å². The number of anilines is 1. The number of hydrazone groups is 1. The summed E-state index contributed by atoms with van der Waals surface area (Å²) in [7, 11) is 0. The first kappa shape index (κ1) is 22.2. The van der Waals surface area contributed by atoms with Gasteiger partial charge in [0.1, 0.15) is 5.75 Å². The van der Waals surface area contributed by atoms with Crippen LogP contribution in [-0.4, -0.2) is 29.6 Å². The summed E-state index contributed by atoms with van der Waals surface area (Å²) in [6.07, 6.45) is 1.46. The van der Waals surface area contributed by atoms with Crippen LogP contribution < -0.4 is 15.5 Å². The van der Waals surface area contributed by atoms with Gasteiger partial charge in [-0.2, -0.15) is 5.10 Å². The van der Waals surface area contributed by atoms with E-state index in [4.69, 9.17) is 4.74 Å². The van der Waals surface area contributed by atoms with Crippen LogP contribution in [0.2, 0.25) is 0 Å². The second kappa shape index (κ2) is 10.5. The van der Waals surface area contributed by atoms with Crippen LogP contribution >= 0.6 is 0 Å². The number of hydrogen-bond acceptors (Lipinski definition) is 7. The first-order valence-corrected chi connectivity index (χ1v) is 9.60. The molecule has 162 valence electrons. The zero-order valence-electron chi connectivity index (χ0n) is 17.1. The highest BCUT2D eigenvalue weighted by Gasteiger charge is 2.11. The molecule has 0 atom stereocenters. The summed E-state index contributed by atoms with van der Waals surface area (Å²) in [6.45, 7) is 2.07. The molecule has 9 heteroatoms. The van der Waals surface area contributed by atoms with Crippen molar-refractivity contribution >= 4 is 29.5 Å². The Balaban J connectivity index is 1.46. The van der Waals surface area contributed by atoms with Gasteiger partial charge in [-0.15, -0.1) is 0 Å². The average molecular weight is 432 g/mol. The van der Waals surface area contributed by atoms with Crippen LogP contribution in [-0.2, 0) is 4.79 Å². The van der Waals surface area contributed by atoms with Crippen molar-refractivity contribution in [3.8, 4) is 5.75 Å². The molecule has 0 aliphatic heterocycles. The molecule has 3 aromatic rings. The van der Waals surface area contributed by atoms with Gasteiger partial charge < -0.3 is 10.1 Å². The number of nitrogens with one attached hydrogen (secondary N) is 2. The summed E-state index contributed by atoms with van der Waals surface area (Å²) in [6, 6.07) is 19.3. The molecule has 0 heterocycles. The summed E-state index contributed by atoms with van der Waals surface area (Å²) in [5.74, 6) is -0.623. The average Bonchev–Trinajstić information content (AvgIpc) is 2.80. The SMILES string of the molecule is Cc1ccc(NCC(=O)N/N=C\c2ccc(OC(=O)c3ccc([N+](=O)[O-])cc3)cc2)cc1. The van der Waals surface area contributed by atoms with E-state index < -0.39 is 10.9 Å². The van der Waals surface area contributed by atoms with Gasteiger partial charge in [-0.1, -0.05) is 17.7 Å². The van der Waals surface area contributed by atoms with Crippen molar-refractivity contribution < 1.29 is 19.2 Å². The Labute approximate surface area is 183 Å². The van der Waals surface area contributed by atoms with Crippen molar-refractivity contribution in [2.45, 2.75) is 6.92 Å². The number of esters is 1. The van der Waals surface area contributed by atoms with E-state index >= 15 is 0 Å². The molecule has 2 N–H and O–H groups in total. The highest BCUT2D eigenvalue weighted by atomic mass is 16.6. The minimum Gasteiger partial charge on any atom is -0.423 e. The minimum absolute atomic E-state index is 0.0813. The van der Waals surface area contributed by atoms with Gasteiger partial charge in [-0.25, -0.2) is 10.2 Å². The Morgan fingerprint density at radius 2 is 1.66 bits per heavy atom. The van der Waals surface area contributed by atoms with Gasteiger partial charge in [0.25, 0.3) is 11.6 Å². The largest absolute Gasteiger partial charge is 0.423 e. The molecule has 1 amide bonds. The van der Waals surface area contributed by atoms with Crippen molar-refractivity contribution in [1.29, 1.82) is 0 Å². The molecule has 32 heavy (non-hydrogen) atoms. The first-order chi connectivity index (χ1) is 15.4. The van der Waals surface area contributed by atoms with Gasteiger partial charge in [-0.3, -0.25) is 14.9 Å². The zero-order valence-corrected chi connectivity index (χ0v) is 17.1. The maximum atomic E-state index is 12.1. The highest BCUT2D eigenvalue weighted by molar-refractivity contribution is 5.91. The van der Waals surface area contributed by atoms with Crippen LogP contribution in [0.4, 0.5) is 11.4 Å². The lowest BCUT2D eigenvalue weighted by atomic mass is 10.2. The second-order valence-corrected chi connectivity index (χ2v) is 6.78. The quantitative estimate of drug-likeness (QED) is 0.184. The highest BCUT2D eigenvalue weighted by Crippen LogP contribution is 2.16. The fourth-order valence-electron chi connectivity index (χ4n) is 2.58. The molecular formula is C23H20N4O5. The van der Waals surface area contributed by atoms with Crippen LogP contribution in [0.1, 0.15) is 21.5 Å². The molecule has 3 rings (SSSR count). The molecule has 0 saturated carbocycles. The minimum atomic E-state index is -0.630. The van der Waals surface area contributed by atoms with E-state index in [9.17, 15) is 19.7 Å². The van der Waals surface area contributed by atoms with E-state index in [2.05, 4.69) is 15.8 Å². The van der Waals surface area contributed by atoms with Crippen molar-refractivity contribution in [3.63, 3.8) is 0 Å². The topological polar surface area (TPSA) is 123 Å². The zero-order chi connectivity index (χ0) is 22.9. The third-order valence-corrected chi connectivity index (χ3v) is 4.31. The lowest BCUT2D eigenvalue weighted by Gasteiger charge is -2.05. The van der Waals surface area contributed by atoms with E-state index in [0.717, 1.165) is 11.3 Å². The molecule has 0 aromatic heterocycles. The summed E-state index contributed by atoms with van der Waals surface area (Å²) in [4.78, 5) is 34.1. The molecule has 3 aromatic carbocycles. The Kier molecular flexibility index (Phi) is 7.26.